The van der Waals surface area contributed by atoms with E-state index in [9.17, 15) is 9.59 Å². The van der Waals surface area contributed by atoms with Crippen LogP contribution in [0.1, 0.15) is 15.2 Å². The number of Topliss-reactive ketones (excluding diaryl/α,β-unsaturated/α-hetero) is 1. The van der Waals surface area contributed by atoms with Gasteiger partial charge in [0.2, 0.25) is 5.91 Å². The van der Waals surface area contributed by atoms with Crippen molar-refractivity contribution >= 4 is 56.2 Å². The number of amides is 1. The predicted octanol–water partition coefficient (Wildman–Crippen LogP) is 3.94. The van der Waals surface area contributed by atoms with E-state index in [-0.39, 0.29) is 18.2 Å². The maximum absolute atomic E-state index is 12.3. The molecule has 3 rings (SSSR count). The van der Waals surface area contributed by atoms with E-state index >= 15 is 0 Å². The lowest BCUT2D eigenvalue weighted by Crippen LogP contribution is -2.32. The SMILES string of the molecule is O=C(CN1C(=O)Cc2ccc(Cl)cc21)c1sccc1Br. The molecule has 0 atom stereocenters. The number of ketones is 1. The first-order valence-electron chi connectivity index (χ1n) is 5.91. The van der Waals surface area contributed by atoms with Gasteiger partial charge in [0, 0.05) is 15.2 Å². The molecule has 1 aromatic heterocycles. The van der Waals surface area contributed by atoms with Crippen LogP contribution in [0.3, 0.4) is 0 Å². The molecule has 1 aliphatic rings. The Bertz CT molecular complexity index is 713. The molecule has 2 heterocycles. The Morgan fingerprint density at radius 1 is 1.40 bits per heavy atom. The summed E-state index contributed by atoms with van der Waals surface area (Å²) in [5.74, 6) is -0.142. The summed E-state index contributed by atoms with van der Waals surface area (Å²) < 4.78 is 0.769. The lowest BCUT2D eigenvalue weighted by atomic mass is 10.2. The number of hydrogen-bond acceptors (Lipinski definition) is 3. The van der Waals surface area contributed by atoms with Crippen molar-refractivity contribution in [3.8, 4) is 0 Å². The molecular formula is C14H9BrClNO2S. The number of rotatable bonds is 3. The van der Waals surface area contributed by atoms with Crippen molar-refractivity contribution in [3.05, 3.63) is 49.6 Å². The standard InChI is InChI=1S/C14H9BrClNO2S/c15-10-3-4-20-14(10)12(18)7-17-11-6-9(16)2-1-8(11)5-13(17)19/h1-4,6H,5,7H2. The van der Waals surface area contributed by atoms with Gasteiger partial charge >= 0.3 is 0 Å². The summed E-state index contributed by atoms with van der Waals surface area (Å²) in [5.41, 5.74) is 1.65. The summed E-state index contributed by atoms with van der Waals surface area (Å²) in [7, 11) is 0. The lowest BCUT2D eigenvalue weighted by molar-refractivity contribution is -0.117. The van der Waals surface area contributed by atoms with Gasteiger partial charge in [-0.2, -0.15) is 0 Å². The van der Waals surface area contributed by atoms with E-state index in [2.05, 4.69) is 15.9 Å². The second kappa shape index (κ2) is 5.31. The molecule has 0 aliphatic carbocycles. The molecule has 0 spiro atoms. The Kier molecular flexibility index (Phi) is 3.67. The third-order valence-corrected chi connectivity index (χ3v) is 5.27. The number of hydrogen-bond donors (Lipinski definition) is 0. The quantitative estimate of drug-likeness (QED) is 0.768. The van der Waals surface area contributed by atoms with E-state index in [0.717, 1.165) is 15.7 Å². The third-order valence-electron chi connectivity index (χ3n) is 3.15. The highest BCUT2D eigenvalue weighted by Gasteiger charge is 2.29. The molecular weight excluding hydrogens is 362 g/mol. The van der Waals surface area contributed by atoms with Gasteiger partial charge in [0.15, 0.2) is 5.78 Å². The molecule has 2 aromatic rings. The van der Waals surface area contributed by atoms with Gasteiger partial charge in [-0.15, -0.1) is 11.3 Å². The average Bonchev–Trinajstić information content (AvgIpc) is 2.95. The van der Waals surface area contributed by atoms with Crippen LogP contribution in [-0.2, 0) is 11.2 Å². The van der Waals surface area contributed by atoms with Gasteiger partial charge in [-0.25, -0.2) is 0 Å². The molecule has 0 radical (unpaired) electrons. The van der Waals surface area contributed by atoms with E-state index in [1.54, 1.807) is 12.1 Å². The van der Waals surface area contributed by atoms with Crippen molar-refractivity contribution in [2.75, 3.05) is 11.4 Å². The predicted molar refractivity (Wildman–Crippen MR) is 83.9 cm³/mol. The molecule has 0 saturated heterocycles. The summed E-state index contributed by atoms with van der Waals surface area (Å²) in [6, 6.07) is 7.16. The maximum atomic E-state index is 12.3. The summed E-state index contributed by atoms with van der Waals surface area (Å²) in [5, 5.41) is 2.40. The molecule has 0 saturated carbocycles. The first-order chi connectivity index (χ1) is 9.56. The Hall–Kier alpha value is -1.17. The number of benzene rings is 1. The fourth-order valence-corrected chi connectivity index (χ4v) is 3.90. The minimum atomic E-state index is -0.0759. The van der Waals surface area contributed by atoms with E-state index < -0.39 is 0 Å². The minimum Gasteiger partial charge on any atom is -0.304 e. The largest absolute Gasteiger partial charge is 0.304 e. The summed E-state index contributed by atoms with van der Waals surface area (Å²) in [6.07, 6.45) is 0.325. The molecule has 0 N–H and O–H groups in total. The van der Waals surface area contributed by atoms with Crippen LogP contribution in [0.2, 0.25) is 5.02 Å². The molecule has 1 amide bonds. The molecule has 102 valence electrons. The molecule has 6 heteroatoms. The normalized spacial score (nSPS) is 13.7. The number of halogens is 2. The van der Waals surface area contributed by atoms with Gasteiger partial charge in [0.25, 0.3) is 0 Å². The fraction of sp³-hybridized carbons (Fsp3) is 0.143. The summed E-state index contributed by atoms with van der Waals surface area (Å²) >= 11 is 10.7. The molecule has 1 aliphatic heterocycles. The molecule has 20 heavy (non-hydrogen) atoms. The Labute approximate surface area is 133 Å². The van der Waals surface area contributed by atoms with Crippen LogP contribution >= 0.6 is 38.9 Å². The van der Waals surface area contributed by atoms with E-state index in [4.69, 9.17) is 11.6 Å². The number of thiophene rings is 1. The van der Waals surface area contributed by atoms with Crippen LogP contribution in [0.4, 0.5) is 5.69 Å². The van der Waals surface area contributed by atoms with Gasteiger partial charge in [-0.1, -0.05) is 17.7 Å². The van der Waals surface area contributed by atoms with Crippen molar-refractivity contribution in [2.45, 2.75) is 6.42 Å². The Morgan fingerprint density at radius 2 is 2.20 bits per heavy atom. The monoisotopic (exact) mass is 369 g/mol. The highest BCUT2D eigenvalue weighted by molar-refractivity contribution is 9.10. The van der Waals surface area contributed by atoms with Crippen LogP contribution in [0, 0.1) is 0 Å². The van der Waals surface area contributed by atoms with Gasteiger partial charge in [-0.05, 0) is 45.1 Å². The second-order valence-electron chi connectivity index (χ2n) is 4.45. The van der Waals surface area contributed by atoms with Crippen LogP contribution in [0.5, 0.6) is 0 Å². The number of nitrogens with zero attached hydrogens (tertiary/aromatic N) is 1. The van der Waals surface area contributed by atoms with Crippen molar-refractivity contribution < 1.29 is 9.59 Å². The van der Waals surface area contributed by atoms with Crippen molar-refractivity contribution in [1.29, 1.82) is 0 Å². The topological polar surface area (TPSA) is 37.4 Å². The number of carbonyl (C=O) groups is 2. The second-order valence-corrected chi connectivity index (χ2v) is 6.66. The average molecular weight is 371 g/mol. The third kappa shape index (κ3) is 2.41. The minimum absolute atomic E-state index is 0.0469. The molecule has 3 nitrogen and oxygen atoms in total. The summed E-state index contributed by atoms with van der Waals surface area (Å²) in [6.45, 7) is 0.0469. The van der Waals surface area contributed by atoms with E-state index in [1.807, 2.05) is 17.5 Å². The number of fused-ring (bicyclic) bond motifs is 1. The molecule has 0 fully saturated rings. The lowest BCUT2D eigenvalue weighted by Gasteiger charge is -2.16. The van der Waals surface area contributed by atoms with Gasteiger partial charge in [0.1, 0.15) is 0 Å². The Morgan fingerprint density at radius 3 is 2.90 bits per heavy atom. The van der Waals surface area contributed by atoms with Gasteiger partial charge in [-0.3, -0.25) is 9.59 Å². The maximum Gasteiger partial charge on any atom is 0.231 e. The van der Waals surface area contributed by atoms with Crippen molar-refractivity contribution in [3.63, 3.8) is 0 Å². The fourth-order valence-electron chi connectivity index (χ4n) is 2.21. The zero-order valence-corrected chi connectivity index (χ0v) is 13.4. The van der Waals surface area contributed by atoms with E-state index in [1.165, 1.54) is 16.2 Å². The summed E-state index contributed by atoms with van der Waals surface area (Å²) in [4.78, 5) is 26.5. The Balaban J connectivity index is 1.89. The zero-order valence-electron chi connectivity index (χ0n) is 10.2. The highest BCUT2D eigenvalue weighted by atomic mass is 79.9. The van der Waals surface area contributed by atoms with Crippen LogP contribution in [0.15, 0.2) is 34.1 Å². The zero-order chi connectivity index (χ0) is 14.3. The number of anilines is 1. The highest BCUT2D eigenvalue weighted by Crippen LogP contribution is 2.32. The molecule has 0 unspecified atom stereocenters. The molecule has 1 aromatic carbocycles. The van der Waals surface area contributed by atoms with Crippen LogP contribution in [0.25, 0.3) is 0 Å². The first-order valence-corrected chi connectivity index (χ1v) is 7.96. The van der Waals surface area contributed by atoms with Gasteiger partial charge < -0.3 is 4.90 Å². The smallest absolute Gasteiger partial charge is 0.231 e. The van der Waals surface area contributed by atoms with Crippen molar-refractivity contribution in [1.82, 2.24) is 0 Å². The van der Waals surface area contributed by atoms with Crippen LogP contribution < -0.4 is 4.90 Å². The van der Waals surface area contributed by atoms with Crippen LogP contribution in [-0.4, -0.2) is 18.2 Å². The van der Waals surface area contributed by atoms with E-state index in [0.29, 0.717) is 16.3 Å². The van der Waals surface area contributed by atoms with Gasteiger partial charge in [0.05, 0.1) is 17.8 Å². The molecule has 0 bridgehead atoms. The first kappa shape index (κ1) is 13.8. The van der Waals surface area contributed by atoms with Crippen molar-refractivity contribution in [2.24, 2.45) is 0 Å². The number of carbonyl (C=O) groups excluding carboxylic acids is 2.